The quantitative estimate of drug-likeness (QED) is 0.385. The van der Waals surface area contributed by atoms with Crippen molar-refractivity contribution in [2.45, 2.75) is 30.0 Å². The molecule has 1 fully saturated rings. The van der Waals surface area contributed by atoms with Crippen LogP contribution in [0.4, 0.5) is 5.82 Å². The van der Waals surface area contributed by atoms with Crippen molar-refractivity contribution in [1.82, 2.24) is 19.1 Å². The first-order chi connectivity index (χ1) is 15.7. The highest BCUT2D eigenvalue weighted by atomic mass is 35.5. The number of hydrogen-bond donors (Lipinski definition) is 1. The molecule has 13 heteroatoms. The van der Waals surface area contributed by atoms with Gasteiger partial charge in [-0.25, -0.2) is 13.4 Å². The lowest BCUT2D eigenvalue weighted by molar-refractivity contribution is -0.119. The Morgan fingerprint density at radius 3 is 2.76 bits per heavy atom. The van der Waals surface area contributed by atoms with Crippen molar-refractivity contribution in [3.05, 3.63) is 51.5 Å². The Labute approximate surface area is 207 Å². The molecule has 5 rings (SSSR count). The SMILES string of the molecule is Cc1cc(NC(=O)C2CCCN2S(=O)(=O)c2ccc(Cl)s2)n(-c2nc3c(Cl)cccc3s2)n1. The average molecular weight is 542 g/mol. The molecule has 0 saturated carbocycles. The summed E-state index contributed by atoms with van der Waals surface area (Å²) < 4.78 is 30.4. The van der Waals surface area contributed by atoms with Crippen molar-refractivity contribution in [3.63, 3.8) is 0 Å². The molecule has 1 unspecified atom stereocenters. The number of aryl methyl sites for hydroxylation is 1. The van der Waals surface area contributed by atoms with Crippen molar-refractivity contribution in [1.29, 1.82) is 0 Å². The zero-order chi connectivity index (χ0) is 23.3. The lowest BCUT2D eigenvalue weighted by atomic mass is 10.2. The molecule has 0 bridgehead atoms. The number of nitrogens with zero attached hydrogens (tertiary/aromatic N) is 4. The second kappa shape index (κ2) is 8.64. The number of rotatable bonds is 5. The largest absolute Gasteiger partial charge is 0.309 e. The van der Waals surface area contributed by atoms with Gasteiger partial charge in [-0.1, -0.05) is 40.6 Å². The molecule has 1 aliphatic rings. The van der Waals surface area contributed by atoms with Gasteiger partial charge in [-0.3, -0.25) is 4.79 Å². The molecule has 0 aliphatic carbocycles. The van der Waals surface area contributed by atoms with E-state index in [0.717, 1.165) is 16.0 Å². The summed E-state index contributed by atoms with van der Waals surface area (Å²) in [6.45, 7) is 2.07. The van der Waals surface area contributed by atoms with Gasteiger partial charge in [-0.05, 0) is 44.0 Å². The van der Waals surface area contributed by atoms with Gasteiger partial charge >= 0.3 is 0 Å². The van der Waals surface area contributed by atoms with Crippen LogP contribution in [0.3, 0.4) is 0 Å². The van der Waals surface area contributed by atoms with Crippen LogP contribution in [0.15, 0.2) is 40.6 Å². The van der Waals surface area contributed by atoms with E-state index < -0.39 is 22.0 Å². The number of carbonyl (C=O) groups excluding carboxylic acids is 1. The van der Waals surface area contributed by atoms with Gasteiger partial charge in [0.05, 0.1) is 19.8 Å². The maximum Gasteiger partial charge on any atom is 0.253 e. The van der Waals surface area contributed by atoms with Crippen molar-refractivity contribution in [2.75, 3.05) is 11.9 Å². The predicted molar refractivity (Wildman–Crippen MR) is 131 cm³/mol. The van der Waals surface area contributed by atoms with Gasteiger partial charge in [0.1, 0.15) is 21.6 Å². The van der Waals surface area contributed by atoms with Crippen molar-refractivity contribution >= 4 is 77.8 Å². The Morgan fingerprint density at radius 2 is 2.03 bits per heavy atom. The molecule has 1 saturated heterocycles. The van der Waals surface area contributed by atoms with E-state index in [4.69, 9.17) is 23.2 Å². The number of nitrogens with one attached hydrogen (secondary N) is 1. The van der Waals surface area contributed by atoms with Gasteiger partial charge in [0.25, 0.3) is 10.0 Å². The highest BCUT2D eigenvalue weighted by Gasteiger charge is 2.40. The lowest BCUT2D eigenvalue weighted by Gasteiger charge is -2.22. The molecule has 172 valence electrons. The number of anilines is 1. The molecule has 1 atom stereocenters. The number of hydrogen-bond acceptors (Lipinski definition) is 7. The van der Waals surface area contributed by atoms with Crippen LogP contribution in [0.5, 0.6) is 0 Å². The Balaban J connectivity index is 1.44. The van der Waals surface area contributed by atoms with Gasteiger partial charge < -0.3 is 5.32 Å². The van der Waals surface area contributed by atoms with Crippen LogP contribution in [0.1, 0.15) is 18.5 Å². The van der Waals surface area contributed by atoms with Crippen molar-refractivity contribution in [2.24, 2.45) is 0 Å². The van der Waals surface area contributed by atoms with E-state index in [1.807, 2.05) is 12.1 Å². The number of halogens is 2. The molecule has 33 heavy (non-hydrogen) atoms. The molecule has 3 aromatic heterocycles. The summed E-state index contributed by atoms with van der Waals surface area (Å²) in [5, 5.41) is 8.40. The summed E-state index contributed by atoms with van der Waals surface area (Å²) in [7, 11) is -3.82. The highest BCUT2D eigenvalue weighted by molar-refractivity contribution is 7.91. The summed E-state index contributed by atoms with van der Waals surface area (Å²) in [4.78, 5) is 17.8. The van der Waals surface area contributed by atoms with E-state index in [9.17, 15) is 13.2 Å². The second-order valence-corrected chi connectivity index (χ2v) is 12.7. The number of para-hydroxylation sites is 1. The highest BCUT2D eigenvalue weighted by Crippen LogP contribution is 2.34. The van der Waals surface area contributed by atoms with Gasteiger partial charge in [0.15, 0.2) is 0 Å². The van der Waals surface area contributed by atoms with E-state index in [-0.39, 0.29) is 10.8 Å². The first-order valence-electron chi connectivity index (χ1n) is 9.94. The first-order valence-corrected chi connectivity index (χ1v) is 13.8. The van der Waals surface area contributed by atoms with E-state index in [2.05, 4.69) is 15.4 Å². The second-order valence-electron chi connectivity index (χ2n) is 7.49. The minimum atomic E-state index is -3.82. The normalized spacial score (nSPS) is 17.1. The topological polar surface area (TPSA) is 97.2 Å². The van der Waals surface area contributed by atoms with Crippen LogP contribution >= 0.6 is 45.9 Å². The average Bonchev–Trinajstić information content (AvgIpc) is 3.53. The minimum Gasteiger partial charge on any atom is -0.309 e. The fraction of sp³-hybridized carbons (Fsp3) is 0.250. The molecule has 4 aromatic rings. The molecule has 1 aromatic carbocycles. The summed E-state index contributed by atoms with van der Waals surface area (Å²) in [6, 6.07) is 9.42. The number of amides is 1. The number of aromatic nitrogens is 3. The maximum absolute atomic E-state index is 13.2. The summed E-state index contributed by atoms with van der Waals surface area (Å²) in [5.41, 5.74) is 1.34. The molecule has 8 nitrogen and oxygen atoms in total. The van der Waals surface area contributed by atoms with Gasteiger partial charge in [-0.2, -0.15) is 14.1 Å². The van der Waals surface area contributed by atoms with Gasteiger partial charge in [-0.15, -0.1) is 11.3 Å². The zero-order valence-electron chi connectivity index (χ0n) is 17.2. The predicted octanol–water partition coefficient (Wildman–Crippen LogP) is 4.95. The number of fused-ring (bicyclic) bond motifs is 1. The monoisotopic (exact) mass is 541 g/mol. The minimum absolute atomic E-state index is 0.124. The molecule has 0 spiro atoms. The third-order valence-corrected chi connectivity index (χ3v) is 10.1. The first kappa shape index (κ1) is 22.8. The van der Waals surface area contributed by atoms with Crippen LogP contribution in [0.2, 0.25) is 9.36 Å². The van der Waals surface area contributed by atoms with E-state index >= 15 is 0 Å². The van der Waals surface area contributed by atoms with Crippen molar-refractivity contribution < 1.29 is 13.2 Å². The van der Waals surface area contributed by atoms with E-state index in [1.54, 1.807) is 23.7 Å². The fourth-order valence-electron chi connectivity index (χ4n) is 3.78. The number of sulfonamides is 1. The Bertz CT molecular complexity index is 1480. The molecule has 1 amide bonds. The summed E-state index contributed by atoms with van der Waals surface area (Å²) >= 11 is 14.6. The summed E-state index contributed by atoms with van der Waals surface area (Å²) in [5.74, 6) is -0.00452. The number of benzene rings is 1. The van der Waals surface area contributed by atoms with Gasteiger partial charge in [0.2, 0.25) is 11.0 Å². The van der Waals surface area contributed by atoms with Crippen molar-refractivity contribution in [3.8, 4) is 5.13 Å². The lowest BCUT2D eigenvalue weighted by Crippen LogP contribution is -2.43. The molecule has 1 N–H and O–H groups in total. The Hall–Kier alpha value is -2.02. The molecule has 1 aliphatic heterocycles. The van der Waals surface area contributed by atoms with E-state index in [0.29, 0.717) is 44.4 Å². The van der Waals surface area contributed by atoms with E-state index in [1.165, 1.54) is 27.8 Å². The molecular weight excluding hydrogens is 525 g/mol. The standard InChI is InChI=1S/C20H17Cl2N5O3S3/c1-11-10-16(27(25-11)20-24-18-12(21)4-2-6-14(18)31-20)23-19(28)13-5-3-9-26(13)33(29,30)17-8-7-15(22)32-17/h2,4,6-8,10,13H,3,5,9H2,1H3,(H,23,28). The van der Waals surface area contributed by atoms with Crippen LogP contribution in [0.25, 0.3) is 15.3 Å². The molecular formula is C20H17Cl2N5O3S3. The molecule has 0 radical (unpaired) electrons. The third kappa shape index (κ3) is 4.17. The number of thiophene rings is 1. The van der Waals surface area contributed by atoms with Crippen LogP contribution in [-0.4, -0.2) is 46.0 Å². The molecule has 4 heterocycles. The Kier molecular flexibility index (Phi) is 5.96. The smallest absolute Gasteiger partial charge is 0.253 e. The number of carbonyl (C=O) groups is 1. The van der Waals surface area contributed by atoms with Gasteiger partial charge in [0, 0.05) is 12.6 Å². The number of thiazole rings is 1. The van der Waals surface area contributed by atoms with Crippen LogP contribution < -0.4 is 5.32 Å². The third-order valence-electron chi connectivity index (χ3n) is 5.24. The Morgan fingerprint density at radius 1 is 1.21 bits per heavy atom. The van der Waals surface area contributed by atoms with Crippen LogP contribution in [0, 0.1) is 6.92 Å². The zero-order valence-corrected chi connectivity index (χ0v) is 21.1. The fourth-order valence-corrected chi connectivity index (χ4v) is 8.28. The maximum atomic E-state index is 13.2. The van der Waals surface area contributed by atoms with Crippen LogP contribution in [-0.2, 0) is 14.8 Å². The summed E-state index contributed by atoms with van der Waals surface area (Å²) in [6.07, 6.45) is 1.01.